The number of benzene rings is 1. The van der Waals surface area contributed by atoms with E-state index in [0.717, 1.165) is 37.0 Å². The van der Waals surface area contributed by atoms with E-state index in [2.05, 4.69) is 17.1 Å². The highest BCUT2D eigenvalue weighted by Crippen LogP contribution is 2.48. The second-order valence-corrected chi connectivity index (χ2v) is 11.7. The molecular weight excluding hydrogens is 474 g/mol. The monoisotopic (exact) mass is 511 g/mol. The molecule has 2 aliphatic carbocycles. The van der Waals surface area contributed by atoms with Gasteiger partial charge in [-0.3, -0.25) is 19.4 Å². The Labute approximate surface area is 217 Å². The lowest BCUT2D eigenvalue weighted by Gasteiger charge is -2.56. The largest absolute Gasteiger partial charge is 0.474 e. The second kappa shape index (κ2) is 10.4. The number of carboxylic acids is 2. The van der Waals surface area contributed by atoms with Crippen LogP contribution >= 0.6 is 0 Å². The van der Waals surface area contributed by atoms with Gasteiger partial charge in [-0.25, -0.2) is 9.59 Å². The molecule has 0 radical (unpaired) electrons. The van der Waals surface area contributed by atoms with Crippen LogP contribution in [0.2, 0.25) is 0 Å². The molecule has 0 spiro atoms. The van der Waals surface area contributed by atoms with Crippen LogP contribution in [0.1, 0.15) is 71.1 Å². The van der Waals surface area contributed by atoms with Gasteiger partial charge in [-0.2, -0.15) is 0 Å². The quantitative estimate of drug-likeness (QED) is 0.526. The first-order chi connectivity index (χ1) is 17.7. The highest BCUT2D eigenvalue weighted by molar-refractivity contribution is 6.39. The Morgan fingerprint density at radius 2 is 1.46 bits per heavy atom. The molecule has 2 heterocycles. The van der Waals surface area contributed by atoms with Crippen LogP contribution in [0, 0.1) is 17.8 Å². The van der Waals surface area contributed by atoms with Crippen molar-refractivity contribution < 1.29 is 29.4 Å². The number of hydrogen-bond acceptors (Lipinski definition) is 5. The van der Waals surface area contributed by atoms with Crippen molar-refractivity contribution in [3.63, 3.8) is 0 Å². The summed E-state index contributed by atoms with van der Waals surface area (Å²) in [6, 6.07) is 7.11. The topological polar surface area (TPSA) is 127 Å². The van der Waals surface area contributed by atoms with Gasteiger partial charge in [-0.05, 0) is 87.7 Å². The molecule has 2 saturated carbocycles. The highest BCUT2D eigenvalue weighted by Gasteiger charge is 2.47. The summed E-state index contributed by atoms with van der Waals surface area (Å²) in [5.74, 6) is -3.12. The van der Waals surface area contributed by atoms with E-state index >= 15 is 0 Å². The fourth-order valence-electron chi connectivity index (χ4n) is 8.13. The predicted molar refractivity (Wildman–Crippen MR) is 137 cm³/mol. The lowest BCUT2D eigenvalue weighted by Crippen LogP contribution is -2.62. The summed E-state index contributed by atoms with van der Waals surface area (Å²) in [5, 5.41) is 21.1. The molecule has 2 saturated heterocycles. The SMILES string of the molecule is CC1C[C@@H]2CC(N3[C@@H]4CCC[C@H]3CC(N(C(=O)C(=O)O)c3ccccc3NC(=O)C(=O)O)C4)C[C@H](C1)C2. The molecule has 4 bridgehead atoms. The van der Waals surface area contributed by atoms with Gasteiger partial charge in [-0.15, -0.1) is 0 Å². The Bertz CT molecular complexity index is 1040. The van der Waals surface area contributed by atoms with E-state index in [1.165, 1.54) is 43.1 Å². The number of para-hydroxylation sites is 2. The van der Waals surface area contributed by atoms with E-state index < -0.39 is 23.8 Å². The number of nitrogens with one attached hydrogen (secondary N) is 1. The first-order valence-corrected chi connectivity index (χ1v) is 13.7. The zero-order valence-electron chi connectivity index (χ0n) is 21.3. The Morgan fingerprint density at radius 3 is 2.05 bits per heavy atom. The lowest BCUT2D eigenvalue weighted by molar-refractivity contribution is -0.149. The summed E-state index contributed by atoms with van der Waals surface area (Å²) in [4.78, 5) is 52.1. The number of rotatable bonds is 4. The lowest BCUT2D eigenvalue weighted by atomic mass is 9.65. The van der Waals surface area contributed by atoms with Gasteiger partial charge in [-0.1, -0.05) is 25.5 Å². The zero-order chi connectivity index (χ0) is 26.3. The van der Waals surface area contributed by atoms with Gasteiger partial charge in [0.1, 0.15) is 0 Å². The van der Waals surface area contributed by atoms with Crippen molar-refractivity contribution in [2.75, 3.05) is 10.2 Å². The van der Waals surface area contributed by atoms with Gasteiger partial charge in [0.15, 0.2) is 0 Å². The number of hydrogen-bond donors (Lipinski definition) is 3. The van der Waals surface area contributed by atoms with Crippen molar-refractivity contribution >= 4 is 35.1 Å². The number of anilines is 2. The van der Waals surface area contributed by atoms with E-state index in [1.807, 2.05) is 0 Å². The number of piperidine rings is 2. The van der Waals surface area contributed by atoms with E-state index in [1.54, 1.807) is 18.2 Å². The molecule has 9 nitrogen and oxygen atoms in total. The molecule has 1 aromatic rings. The van der Waals surface area contributed by atoms with Crippen LogP contribution in [0.3, 0.4) is 0 Å². The zero-order valence-corrected chi connectivity index (χ0v) is 21.3. The van der Waals surface area contributed by atoms with Gasteiger partial charge in [0.25, 0.3) is 0 Å². The number of carboxylic acid groups (broad SMARTS) is 2. The highest BCUT2D eigenvalue weighted by atomic mass is 16.4. The molecule has 3 N–H and O–H groups in total. The summed E-state index contributed by atoms with van der Waals surface area (Å²) in [6.07, 6.45) is 11.0. The van der Waals surface area contributed by atoms with Crippen molar-refractivity contribution in [2.24, 2.45) is 17.8 Å². The molecule has 2 aliphatic heterocycles. The van der Waals surface area contributed by atoms with Crippen LogP contribution in [0.15, 0.2) is 24.3 Å². The molecule has 4 aliphatic rings. The Balaban J connectivity index is 1.41. The molecule has 2 amide bonds. The Kier molecular flexibility index (Phi) is 7.25. The summed E-state index contributed by atoms with van der Waals surface area (Å²) in [5.41, 5.74) is 0.341. The number of fused-ring (bicyclic) bond motifs is 4. The number of aliphatic carboxylic acids is 2. The standard InChI is InChI=1S/C28H37N3O6/c1-16-9-17-11-18(10-16)13-21(12-17)30-19-5-4-6-20(30)15-22(14-19)31(26(33)28(36)37)24-8-3-2-7-23(24)29-25(32)27(34)35/h2-3,7-8,16-22H,4-6,9-15H2,1H3,(H,29,32)(H,34,35)(H,36,37)/t16?,17-,18+,19-,20+,21?,22?. The maximum absolute atomic E-state index is 13.1. The van der Waals surface area contributed by atoms with Crippen LogP contribution in [0.25, 0.3) is 0 Å². The minimum Gasteiger partial charge on any atom is -0.474 e. The molecule has 200 valence electrons. The van der Waals surface area contributed by atoms with Crippen molar-refractivity contribution in [1.82, 2.24) is 4.90 Å². The van der Waals surface area contributed by atoms with E-state index in [-0.39, 0.29) is 29.5 Å². The van der Waals surface area contributed by atoms with E-state index in [4.69, 9.17) is 5.11 Å². The Hall–Kier alpha value is -2.94. The minimum absolute atomic E-state index is 0.117. The maximum atomic E-state index is 13.1. The van der Waals surface area contributed by atoms with E-state index in [0.29, 0.717) is 18.9 Å². The predicted octanol–water partition coefficient (Wildman–Crippen LogP) is 3.73. The average molecular weight is 512 g/mol. The number of carbonyl (C=O) groups excluding carboxylic acids is 2. The smallest absolute Gasteiger partial charge is 0.394 e. The van der Waals surface area contributed by atoms with Gasteiger partial charge in [0.2, 0.25) is 0 Å². The van der Waals surface area contributed by atoms with Crippen molar-refractivity contribution in [1.29, 1.82) is 0 Å². The van der Waals surface area contributed by atoms with Crippen molar-refractivity contribution in [3.05, 3.63) is 24.3 Å². The summed E-state index contributed by atoms with van der Waals surface area (Å²) >= 11 is 0. The van der Waals surface area contributed by atoms with Crippen molar-refractivity contribution in [3.8, 4) is 0 Å². The number of amides is 2. The molecule has 37 heavy (non-hydrogen) atoms. The van der Waals surface area contributed by atoms with Gasteiger partial charge in [0, 0.05) is 24.2 Å². The van der Waals surface area contributed by atoms with Crippen LogP contribution in [0.4, 0.5) is 11.4 Å². The molecule has 0 aromatic heterocycles. The van der Waals surface area contributed by atoms with Crippen LogP contribution in [-0.4, -0.2) is 63.0 Å². The molecule has 1 aromatic carbocycles. The molecule has 5 rings (SSSR count). The molecule has 7 atom stereocenters. The first-order valence-electron chi connectivity index (χ1n) is 13.7. The maximum Gasteiger partial charge on any atom is 0.394 e. The second-order valence-electron chi connectivity index (χ2n) is 11.7. The minimum atomic E-state index is -1.65. The van der Waals surface area contributed by atoms with Crippen molar-refractivity contribution in [2.45, 2.75) is 95.3 Å². The van der Waals surface area contributed by atoms with Crippen LogP contribution in [-0.2, 0) is 19.2 Å². The fourth-order valence-corrected chi connectivity index (χ4v) is 8.13. The number of nitrogens with zero attached hydrogens (tertiary/aromatic N) is 2. The third-order valence-electron chi connectivity index (χ3n) is 9.15. The van der Waals surface area contributed by atoms with Gasteiger partial charge in [0.05, 0.1) is 11.4 Å². The van der Waals surface area contributed by atoms with Crippen LogP contribution in [0.5, 0.6) is 0 Å². The molecule has 3 unspecified atom stereocenters. The van der Waals surface area contributed by atoms with Gasteiger partial charge < -0.3 is 15.5 Å². The summed E-state index contributed by atoms with van der Waals surface area (Å²) < 4.78 is 0. The fraction of sp³-hybridized carbons (Fsp3) is 0.643. The van der Waals surface area contributed by atoms with E-state index in [9.17, 15) is 24.3 Å². The number of carbonyl (C=O) groups is 4. The average Bonchev–Trinajstić information content (AvgIpc) is 2.83. The molecular formula is C28H37N3O6. The third kappa shape index (κ3) is 5.23. The summed E-state index contributed by atoms with van der Waals surface area (Å²) in [6.45, 7) is 2.38. The first kappa shape index (κ1) is 25.7. The van der Waals surface area contributed by atoms with Crippen LogP contribution < -0.4 is 10.2 Å². The normalized spacial score (nSPS) is 33.3. The molecule has 9 heteroatoms. The summed E-state index contributed by atoms with van der Waals surface area (Å²) in [7, 11) is 0. The Morgan fingerprint density at radius 1 is 0.838 bits per heavy atom. The third-order valence-corrected chi connectivity index (χ3v) is 9.15. The van der Waals surface area contributed by atoms with Gasteiger partial charge >= 0.3 is 23.8 Å². The molecule has 4 fully saturated rings.